The van der Waals surface area contributed by atoms with Gasteiger partial charge in [0.25, 0.3) is 0 Å². The van der Waals surface area contributed by atoms with E-state index in [1.807, 2.05) is 18.2 Å². The molecule has 0 amide bonds. The molecule has 0 radical (unpaired) electrons. The third-order valence-electron chi connectivity index (χ3n) is 3.08. The van der Waals surface area contributed by atoms with Crippen LogP contribution in [0.5, 0.6) is 0 Å². The van der Waals surface area contributed by atoms with E-state index in [0.717, 1.165) is 11.3 Å². The van der Waals surface area contributed by atoms with Crippen LogP contribution in [0.25, 0.3) is 0 Å². The van der Waals surface area contributed by atoms with Crippen LogP contribution in [0, 0.1) is 5.82 Å². The Morgan fingerprint density at radius 1 is 1.14 bits per heavy atom. The van der Waals surface area contributed by atoms with Gasteiger partial charge in [0, 0.05) is 11.9 Å². The molecule has 21 heavy (non-hydrogen) atoms. The van der Waals surface area contributed by atoms with Crippen molar-refractivity contribution in [2.24, 2.45) is 0 Å². The van der Waals surface area contributed by atoms with E-state index in [1.54, 1.807) is 18.3 Å². The Bertz CT molecular complexity index is 779. The molecule has 0 spiro atoms. The van der Waals surface area contributed by atoms with Crippen LogP contribution in [0.1, 0.15) is 17.1 Å². The monoisotopic (exact) mass is 285 g/mol. The maximum atomic E-state index is 12.9. The molecule has 0 aliphatic carbocycles. The largest absolute Gasteiger partial charge is 0.441 e. The van der Waals surface area contributed by atoms with Crippen LogP contribution in [-0.4, -0.2) is 14.7 Å². The molecule has 0 aliphatic heterocycles. The Hall–Kier alpha value is -2.76. The molecule has 3 rings (SSSR count). The van der Waals surface area contributed by atoms with E-state index in [0.29, 0.717) is 12.2 Å². The first-order chi connectivity index (χ1) is 10.2. The van der Waals surface area contributed by atoms with Crippen LogP contribution in [0.4, 0.5) is 4.39 Å². The first-order valence-corrected chi connectivity index (χ1v) is 6.42. The zero-order valence-electron chi connectivity index (χ0n) is 11.1. The fourth-order valence-corrected chi connectivity index (χ4v) is 2.02. The summed E-state index contributed by atoms with van der Waals surface area (Å²) in [5, 5.41) is 3.79. The molecule has 0 unspecified atom stereocenters. The summed E-state index contributed by atoms with van der Waals surface area (Å²) in [6.45, 7) is 0.283. The smallest absolute Gasteiger partial charge is 0.296 e. The number of hydrogen-bond acceptors (Lipinski definition) is 4. The molecule has 0 aliphatic rings. The van der Waals surface area contributed by atoms with Gasteiger partial charge in [0.05, 0.1) is 13.0 Å². The molecular weight excluding hydrogens is 273 g/mol. The Morgan fingerprint density at radius 2 is 1.95 bits per heavy atom. The third kappa shape index (κ3) is 3.05. The quantitative estimate of drug-likeness (QED) is 0.735. The van der Waals surface area contributed by atoms with Crippen LogP contribution in [0.15, 0.2) is 58.0 Å². The average Bonchev–Trinajstić information content (AvgIpc) is 2.84. The standard InChI is InChI=1S/C15H12FN3O2/c16-12-6-4-11(5-7-12)10-19-14(18-21-15(19)20)9-13-3-1-2-8-17-13/h1-8H,9-10H2. The van der Waals surface area contributed by atoms with E-state index in [2.05, 4.69) is 10.1 Å². The van der Waals surface area contributed by atoms with E-state index >= 15 is 0 Å². The Kier molecular flexibility index (Phi) is 3.59. The van der Waals surface area contributed by atoms with E-state index in [1.165, 1.54) is 16.7 Å². The summed E-state index contributed by atoms with van der Waals surface area (Å²) in [7, 11) is 0. The van der Waals surface area contributed by atoms with Crippen molar-refractivity contribution in [3.8, 4) is 0 Å². The molecule has 0 N–H and O–H groups in total. The summed E-state index contributed by atoms with van der Waals surface area (Å²) in [4.78, 5) is 15.9. The Balaban J connectivity index is 1.87. The number of pyridine rings is 1. The van der Waals surface area contributed by atoms with Crippen LogP contribution < -0.4 is 5.76 Å². The SMILES string of the molecule is O=c1onc(Cc2ccccn2)n1Cc1ccc(F)cc1. The van der Waals surface area contributed by atoms with Gasteiger partial charge in [-0.2, -0.15) is 0 Å². The first-order valence-electron chi connectivity index (χ1n) is 6.42. The van der Waals surface area contributed by atoms with Crippen LogP contribution in [0.2, 0.25) is 0 Å². The van der Waals surface area contributed by atoms with Crippen molar-refractivity contribution in [3.05, 3.63) is 82.1 Å². The van der Waals surface area contributed by atoms with E-state index in [4.69, 9.17) is 4.52 Å². The summed E-state index contributed by atoms with van der Waals surface area (Å²) in [6.07, 6.45) is 2.08. The second-order valence-corrected chi connectivity index (χ2v) is 4.58. The van der Waals surface area contributed by atoms with Crippen molar-refractivity contribution in [1.82, 2.24) is 14.7 Å². The normalized spacial score (nSPS) is 10.7. The second kappa shape index (κ2) is 5.70. The predicted octanol–water partition coefficient (Wildman–Crippen LogP) is 2.01. The molecule has 0 saturated carbocycles. The van der Waals surface area contributed by atoms with Gasteiger partial charge in [-0.3, -0.25) is 14.1 Å². The summed E-state index contributed by atoms with van der Waals surface area (Å²) in [6, 6.07) is 11.5. The first kappa shape index (κ1) is 13.2. The topological polar surface area (TPSA) is 60.9 Å². The number of aromatic nitrogens is 3. The summed E-state index contributed by atoms with van der Waals surface area (Å²) in [5.74, 6) is -0.363. The molecule has 0 fully saturated rings. The molecule has 0 atom stereocenters. The minimum Gasteiger partial charge on any atom is -0.296 e. The molecule has 0 bridgehead atoms. The lowest BCUT2D eigenvalue weighted by Crippen LogP contribution is -2.18. The number of nitrogens with zero attached hydrogens (tertiary/aromatic N) is 3. The van der Waals surface area contributed by atoms with E-state index < -0.39 is 5.76 Å². The molecule has 1 aromatic carbocycles. The maximum Gasteiger partial charge on any atom is 0.441 e. The molecule has 0 saturated heterocycles. The van der Waals surface area contributed by atoms with Crippen LogP contribution in [0.3, 0.4) is 0 Å². The molecule has 5 nitrogen and oxygen atoms in total. The number of rotatable bonds is 4. The van der Waals surface area contributed by atoms with Crippen molar-refractivity contribution in [2.45, 2.75) is 13.0 Å². The molecule has 6 heteroatoms. The summed E-state index contributed by atoms with van der Waals surface area (Å²) in [5.41, 5.74) is 1.59. The van der Waals surface area contributed by atoms with Gasteiger partial charge < -0.3 is 0 Å². The van der Waals surface area contributed by atoms with Gasteiger partial charge >= 0.3 is 5.76 Å². The minimum absolute atomic E-state index is 0.283. The second-order valence-electron chi connectivity index (χ2n) is 4.58. The Morgan fingerprint density at radius 3 is 2.67 bits per heavy atom. The number of halogens is 1. The average molecular weight is 285 g/mol. The fraction of sp³-hybridized carbons (Fsp3) is 0.133. The van der Waals surface area contributed by atoms with Crippen molar-refractivity contribution in [1.29, 1.82) is 0 Å². The number of hydrogen-bond donors (Lipinski definition) is 0. The highest BCUT2D eigenvalue weighted by Gasteiger charge is 2.12. The van der Waals surface area contributed by atoms with Gasteiger partial charge in [-0.25, -0.2) is 9.18 Å². The predicted molar refractivity (Wildman–Crippen MR) is 73.3 cm³/mol. The lowest BCUT2D eigenvalue weighted by atomic mass is 10.2. The van der Waals surface area contributed by atoms with Crippen LogP contribution >= 0.6 is 0 Å². The van der Waals surface area contributed by atoms with Gasteiger partial charge in [0.1, 0.15) is 5.82 Å². The molecule has 3 aromatic rings. The van der Waals surface area contributed by atoms with Crippen LogP contribution in [-0.2, 0) is 13.0 Å². The zero-order valence-corrected chi connectivity index (χ0v) is 11.1. The van der Waals surface area contributed by atoms with Gasteiger partial charge in [0.2, 0.25) is 0 Å². The molecule has 106 valence electrons. The lowest BCUT2D eigenvalue weighted by molar-refractivity contribution is 0.375. The van der Waals surface area contributed by atoms with Crippen molar-refractivity contribution in [2.75, 3.05) is 0 Å². The van der Waals surface area contributed by atoms with Gasteiger partial charge in [-0.05, 0) is 29.8 Å². The Labute approximate surface area is 119 Å². The molecule has 2 heterocycles. The lowest BCUT2D eigenvalue weighted by Gasteiger charge is -2.04. The van der Waals surface area contributed by atoms with Gasteiger partial charge in [0.15, 0.2) is 5.82 Å². The molecule has 2 aromatic heterocycles. The summed E-state index contributed by atoms with van der Waals surface area (Å²) < 4.78 is 19.0. The van der Waals surface area contributed by atoms with E-state index in [-0.39, 0.29) is 12.4 Å². The van der Waals surface area contributed by atoms with E-state index in [9.17, 15) is 9.18 Å². The third-order valence-corrected chi connectivity index (χ3v) is 3.08. The zero-order chi connectivity index (χ0) is 14.7. The minimum atomic E-state index is -0.537. The highest BCUT2D eigenvalue weighted by molar-refractivity contribution is 5.17. The number of benzene rings is 1. The van der Waals surface area contributed by atoms with Crippen molar-refractivity contribution >= 4 is 0 Å². The van der Waals surface area contributed by atoms with Crippen molar-refractivity contribution < 1.29 is 8.91 Å². The van der Waals surface area contributed by atoms with Crippen molar-refractivity contribution in [3.63, 3.8) is 0 Å². The maximum absolute atomic E-state index is 12.9. The molecular formula is C15H12FN3O2. The highest BCUT2D eigenvalue weighted by atomic mass is 19.1. The fourth-order valence-electron chi connectivity index (χ4n) is 2.02. The summed E-state index contributed by atoms with van der Waals surface area (Å²) >= 11 is 0. The highest BCUT2D eigenvalue weighted by Crippen LogP contribution is 2.08. The van der Waals surface area contributed by atoms with Gasteiger partial charge in [-0.1, -0.05) is 23.4 Å². The van der Waals surface area contributed by atoms with Gasteiger partial charge in [-0.15, -0.1) is 0 Å².